The van der Waals surface area contributed by atoms with Crippen molar-refractivity contribution in [3.05, 3.63) is 0 Å². The van der Waals surface area contributed by atoms with Crippen molar-refractivity contribution in [2.24, 2.45) is 46.1 Å². The lowest BCUT2D eigenvalue weighted by Gasteiger charge is -2.31. The van der Waals surface area contributed by atoms with Gasteiger partial charge in [-0.15, -0.1) is 0 Å². The lowest BCUT2D eigenvalue weighted by Crippen LogP contribution is -2.59. The number of hydrogen-bond acceptors (Lipinski definition) is 30. The summed E-state index contributed by atoms with van der Waals surface area (Å²) in [4.78, 5) is 309. The normalized spacial score (nSPS) is 15.7. The van der Waals surface area contributed by atoms with Crippen molar-refractivity contribution in [2.75, 3.05) is 85.1 Å². The van der Waals surface area contributed by atoms with Crippen molar-refractivity contribution < 1.29 is 136 Å². The van der Waals surface area contributed by atoms with E-state index in [1.165, 1.54) is 6.92 Å². The number of nitrogens with one attached hydrogen (secondary N) is 20. The van der Waals surface area contributed by atoms with E-state index >= 15 is 0 Å². The highest BCUT2D eigenvalue weighted by Gasteiger charge is 2.44. The Hall–Kier alpha value is -13.8. The van der Waals surface area contributed by atoms with Gasteiger partial charge in [0.1, 0.15) is 78.5 Å². The quantitative estimate of drug-likeness (QED) is 0.0153. The zero-order chi connectivity index (χ0) is 105. The fourth-order valence-electron chi connectivity index (χ4n) is 14.3. The van der Waals surface area contributed by atoms with Gasteiger partial charge in [0, 0.05) is 32.6 Å². The molecule has 0 aliphatic carbocycles. The van der Waals surface area contributed by atoms with E-state index in [9.17, 15) is 131 Å². The molecule has 0 saturated carbocycles. The molecule has 2 heterocycles. The molecule has 18 amide bonds. The molecule has 0 aromatic heterocycles. The zero-order valence-electron chi connectivity index (χ0n) is 78.3. The predicted octanol–water partition coefficient (Wildman–Crippen LogP) is -12.3. The minimum Gasteiger partial charge on any atom is -0.481 e. The molecule has 0 bridgehead atoms. The van der Waals surface area contributed by atoms with E-state index in [1.807, 2.05) is 0 Å². The maximum atomic E-state index is 14.8. The summed E-state index contributed by atoms with van der Waals surface area (Å²) in [7, 11) is 0. The first-order valence-corrected chi connectivity index (χ1v) is 45.8. The number of carboxylic acid groups (broad SMARTS) is 5. The maximum absolute atomic E-state index is 14.8. The summed E-state index contributed by atoms with van der Waals surface area (Å²) in [5.41, 5.74) is 39.3. The predicted molar refractivity (Wildman–Crippen MR) is 490 cm³/mol. The van der Waals surface area contributed by atoms with Crippen LogP contribution < -0.4 is 136 Å². The van der Waals surface area contributed by atoms with Crippen molar-refractivity contribution in [2.45, 2.75) is 272 Å². The van der Waals surface area contributed by atoms with Crippen molar-refractivity contribution in [1.29, 1.82) is 10.8 Å². The van der Waals surface area contributed by atoms with Crippen LogP contribution in [-0.4, -0.2) is 353 Å². The monoisotopic (exact) mass is 1980 g/mol. The third-order valence-corrected chi connectivity index (χ3v) is 21.5. The van der Waals surface area contributed by atoms with Crippen LogP contribution in [0.3, 0.4) is 0 Å². The molecule has 57 heteroatoms. The zero-order valence-corrected chi connectivity index (χ0v) is 78.3. The number of aliphatic carboxylic acids is 5. The fourth-order valence-corrected chi connectivity index (χ4v) is 14.3. The lowest BCUT2D eigenvalue weighted by atomic mass is 10.0. The average Bonchev–Trinajstić information content (AvgIpc) is 1.70. The number of rotatable bonds is 70. The Morgan fingerprint density at radius 2 is 0.597 bits per heavy atom. The Kier molecular flexibility index (Phi) is 57.4. The van der Waals surface area contributed by atoms with Gasteiger partial charge in [0.15, 0.2) is 11.9 Å². The Labute approximate surface area is 800 Å². The smallest absolute Gasteiger partial charge is 0.326 e. The van der Waals surface area contributed by atoms with Gasteiger partial charge >= 0.3 is 29.8 Å². The number of guanidine groups is 2. The van der Waals surface area contributed by atoms with E-state index in [0.29, 0.717) is 12.8 Å². The number of hydrogen-bond donors (Lipinski definition) is 32. The van der Waals surface area contributed by atoms with E-state index in [2.05, 4.69) is 95.7 Å². The molecule has 14 atom stereocenters. The molecule has 0 spiro atoms. The summed E-state index contributed by atoms with van der Waals surface area (Å²) in [6.07, 6.45) is -3.19. The summed E-state index contributed by atoms with van der Waals surface area (Å²) in [6.45, 7) is 0.681. The van der Waals surface area contributed by atoms with Crippen LogP contribution in [0.1, 0.15) is 188 Å². The molecular weight excluding hydrogens is 1840 g/mol. The molecule has 39 N–H and O–H groups in total. The second-order valence-electron chi connectivity index (χ2n) is 33.5. The van der Waals surface area contributed by atoms with Crippen LogP contribution in [0.2, 0.25) is 0 Å². The van der Waals surface area contributed by atoms with Crippen LogP contribution in [0.25, 0.3) is 0 Å². The number of carboxylic acids is 5. The molecule has 2 aliphatic heterocycles. The number of unbranched alkanes of at least 4 members (excludes halogenated alkanes) is 4. The van der Waals surface area contributed by atoms with Crippen LogP contribution in [0.5, 0.6) is 0 Å². The van der Waals surface area contributed by atoms with E-state index in [0.717, 1.165) is 9.80 Å². The van der Waals surface area contributed by atoms with E-state index in [4.69, 9.17) is 56.1 Å². The highest BCUT2D eigenvalue weighted by atomic mass is 16.4. The molecule has 57 nitrogen and oxygen atoms in total. The minimum absolute atomic E-state index is 0.00659. The summed E-state index contributed by atoms with van der Waals surface area (Å²) in [5.74, 6) is -26.9. The third kappa shape index (κ3) is 49.1. The second kappa shape index (κ2) is 65.8. The van der Waals surface area contributed by atoms with Gasteiger partial charge < -0.3 is 171 Å². The molecule has 2 saturated heterocycles. The van der Waals surface area contributed by atoms with Crippen LogP contribution in [0.4, 0.5) is 0 Å². The van der Waals surface area contributed by atoms with Crippen LogP contribution in [0, 0.1) is 16.7 Å². The number of carbonyl (C=O) groups excluding carboxylic acids is 18. The van der Waals surface area contributed by atoms with Gasteiger partial charge in [0.25, 0.3) is 0 Å². The highest BCUT2D eigenvalue weighted by molar-refractivity contribution is 6.02. The van der Waals surface area contributed by atoms with Crippen molar-refractivity contribution in [3.8, 4) is 0 Å². The molecule has 0 aromatic rings. The Morgan fingerprint density at radius 3 is 0.950 bits per heavy atom. The topological polar surface area (TPSA) is 947 Å². The van der Waals surface area contributed by atoms with Crippen molar-refractivity contribution in [1.82, 2.24) is 106 Å². The molecule has 2 aliphatic rings. The summed E-state index contributed by atoms with van der Waals surface area (Å²) >= 11 is 0. The first-order chi connectivity index (χ1) is 65.7. The molecule has 2 rings (SSSR count). The number of amides is 18. The molecule has 139 heavy (non-hydrogen) atoms. The van der Waals surface area contributed by atoms with E-state index < -0.39 is 292 Å². The van der Waals surface area contributed by atoms with Gasteiger partial charge in [0.2, 0.25) is 106 Å². The number of nitrogens with zero attached hydrogens (tertiary/aromatic N) is 2. The number of carbonyl (C=O) groups is 23. The SMILES string of the molecule is CC(C)C[C@H](NC(=O)[C@H](CCCNC(=N)N)NC(=O)[C@@H]1CCCN1C(=O)[C@H](CCCNC(=N)N)NC(=O)[C@H](CC(=O)O)NC(=O)CNC(=O)[C@H](CCCCN)NC(=O)[C@@H]1CCCN1C(=O)[C@H](CCC(=O)O)NC(=O)[C@H](CCCCN)NC(=O)[C@H](CC(=O)O)NC(=O)CNC(=O)[C@H](CCCCN)NC(=O)[C@H](CCCCN)NC(=O)CNC(=O)CNC(=O)CNC(=O)[C@H](CC(=O)O)NC(=O)[C@H](C)N)C(=O)O. The Balaban J connectivity index is 2.36. The number of likely N-dealkylation sites (tertiary alicyclic amines) is 2. The number of nitrogens with two attached hydrogens (primary N) is 7. The van der Waals surface area contributed by atoms with Gasteiger partial charge in [-0.3, -0.25) is 116 Å². The average molecular weight is 1980 g/mol. The van der Waals surface area contributed by atoms with Crippen molar-refractivity contribution >= 4 is 148 Å². The highest BCUT2D eigenvalue weighted by Crippen LogP contribution is 2.24. The molecule has 0 aromatic carbocycles. The third-order valence-electron chi connectivity index (χ3n) is 21.5. The Morgan fingerprint density at radius 1 is 0.317 bits per heavy atom. The molecular formula is C82H141N29O28. The van der Waals surface area contributed by atoms with Gasteiger partial charge in [-0.2, -0.15) is 0 Å². The van der Waals surface area contributed by atoms with Gasteiger partial charge in [-0.25, -0.2) is 4.79 Å². The maximum Gasteiger partial charge on any atom is 0.326 e. The minimum atomic E-state index is -2.02. The fraction of sp³-hybridized carbons (Fsp3) is 0.695. The molecule has 0 unspecified atom stereocenters. The van der Waals surface area contributed by atoms with Crippen LogP contribution in [0.15, 0.2) is 0 Å². The van der Waals surface area contributed by atoms with Crippen molar-refractivity contribution in [3.63, 3.8) is 0 Å². The largest absolute Gasteiger partial charge is 0.481 e. The van der Waals surface area contributed by atoms with Gasteiger partial charge in [-0.1, -0.05) is 13.8 Å². The first kappa shape index (κ1) is 121. The Bertz CT molecular complexity index is 4220. The molecule has 782 valence electrons. The lowest BCUT2D eigenvalue weighted by molar-refractivity contribution is -0.144. The van der Waals surface area contributed by atoms with Gasteiger partial charge in [-0.05, 0) is 180 Å². The standard InChI is InChI=1S/C82H141N29O28/c1-43(2)34-55(80(138)139)109-73(131)49(20-12-30-92-81(88)89)105-77(135)57-23-14-32-110(57)78(136)50(21-13-31-93-82(90)91)106-75(133)54(37-66(123)124)101-62(116)42-98-69(127)46(17-5-9-27-84)104-76(134)56-22-15-33-111(56)79(137)51(24-25-63(117)118)107-72(130)48(19-7-11-29-86)103-74(132)53(36-65(121)122)100-61(115)41-97-68(126)45(16-4-8-26-83)102-71(129)47(18-6-10-28-85)99-60(114)40-95-58(112)38-94-59(113)39-96-70(128)52(35-64(119)120)108-67(125)44(3)87/h43-57H,4-42,83-87H2,1-3H3,(H,94,113)(H,95,112)(H,96,128)(H,97,126)(H,98,127)(H,99,114)(H,100,115)(H,101,116)(H,102,129)(H,103,132)(H,104,134)(H,105,135)(H,106,133)(H,107,130)(H,108,125)(H,109,131)(H,117,118)(H,119,120)(H,121,122)(H,123,124)(H,138,139)(H4,88,89,92)(H4,90,91,93)/t44-,45-,46-,47-,48-,49-,50-,51-,52-,53-,54-,55-,56-,57-/m0/s1. The van der Waals surface area contributed by atoms with Crippen LogP contribution in [-0.2, 0) is 110 Å². The summed E-state index contributed by atoms with van der Waals surface area (Å²) < 4.78 is 0. The first-order valence-electron chi connectivity index (χ1n) is 45.8. The summed E-state index contributed by atoms with van der Waals surface area (Å²) in [5, 5.41) is 107. The molecule has 2 fully saturated rings. The van der Waals surface area contributed by atoms with Gasteiger partial charge in [0.05, 0.1) is 58.0 Å². The summed E-state index contributed by atoms with van der Waals surface area (Å²) in [6, 6.07) is -21.6. The van der Waals surface area contributed by atoms with E-state index in [-0.39, 0.29) is 186 Å². The van der Waals surface area contributed by atoms with Crippen LogP contribution >= 0.6 is 0 Å². The van der Waals surface area contributed by atoms with E-state index in [1.54, 1.807) is 13.8 Å². The molecule has 0 radical (unpaired) electrons. The second-order valence-corrected chi connectivity index (χ2v) is 33.5.